The maximum atomic E-state index is 13.3. The average molecular weight is 278 g/mol. The van der Waals surface area contributed by atoms with Gasteiger partial charge in [0.1, 0.15) is 5.56 Å². The van der Waals surface area contributed by atoms with Crippen LogP contribution in [0.2, 0.25) is 0 Å². The molecule has 0 amide bonds. The first-order valence-corrected chi connectivity index (χ1v) is 5.74. The van der Waals surface area contributed by atoms with Gasteiger partial charge in [-0.2, -0.15) is 5.10 Å². The first-order chi connectivity index (χ1) is 9.40. The highest BCUT2D eigenvalue weighted by Crippen LogP contribution is 2.23. The monoisotopic (exact) mass is 278 g/mol. The second-order valence-corrected chi connectivity index (χ2v) is 4.56. The normalized spacial score (nSPS) is 13.4. The Morgan fingerprint density at radius 2 is 2.00 bits per heavy atom. The van der Waals surface area contributed by atoms with Gasteiger partial charge in [0, 0.05) is 18.2 Å². The Balaban J connectivity index is 2.57. The number of aromatic carboxylic acids is 1. The van der Waals surface area contributed by atoms with Crippen LogP contribution in [0.25, 0.3) is 10.9 Å². The lowest BCUT2D eigenvalue weighted by Crippen LogP contribution is -2.22. The van der Waals surface area contributed by atoms with Gasteiger partial charge in [-0.25, -0.2) is 18.3 Å². The minimum Gasteiger partial charge on any atom is -0.477 e. The quantitative estimate of drug-likeness (QED) is 0.864. The van der Waals surface area contributed by atoms with Crippen LogP contribution in [0.1, 0.15) is 23.0 Å². The SMILES string of the molecule is CC1=Nn2c(c(C(=O)O)c(=O)c3cc(F)c(F)cc32)C1. The van der Waals surface area contributed by atoms with Gasteiger partial charge in [0.05, 0.1) is 16.6 Å². The van der Waals surface area contributed by atoms with Crippen molar-refractivity contribution in [3.63, 3.8) is 0 Å². The van der Waals surface area contributed by atoms with E-state index in [0.717, 1.165) is 6.07 Å². The second-order valence-electron chi connectivity index (χ2n) is 4.56. The summed E-state index contributed by atoms with van der Waals surface area (Å²) < 4.78 is 27.8. The van der Waals surface area contributed by atoms with E-state index in [9.17, 15) is 18.4 Å². The number of pyridine rings is 1. The highest BCUT2D eigenvalue weighted by Gasteiger charge is 2.26. The Morgan fingerprint density at radius 1 is 1.35 bits per heavy atom. The Hall–Kier alpha value is -2.57. The molecule has 0 radical (unpaired) electrons. The van der Waals surface area contributed by atoms with Gasteiger partial charge in [-0.1, -0.05) is 0 Å². The highest BCUT2D eigenvalue weighted by atomic mass is 19.2. The molecule has 0 aliphatic carbocycles. The molecule has 3 rings (SSSR count). The maximum absolute atomic E-state index is 13.3. The molecule has 0 atom stereocenters. The summed E-state index contributed by atoms with van der Waals surface area (Å²) in [4.78, 5) is 23.4. The van der Waals surface area contributed by atoms with Crippen LogP contribution in [-0.2, 0) is 6.42 Å². The lowest BCUT2D eigenvalue weighted by molar-refractivity contribution is 0.0694. The molecule has 2 aromatic rings. The predicted octanol–water partition coefficient (Wildman–Crippen LogP) is 1.76. The molecule has 0 saturated carbocycles. The summed E-state index contributed by atoms with van der Waals surface area (Å²) in [6.45, 7) is 1.66. The molecule has 102 valence electrons. The maximum Gasteiger partial charge on any atom is 0.341 e. The molecule has 20 heavy (non-hydrogen) atoms. The molecule has 0 spiro atoms. The number of halogens is 2. The van der Waals surface area contributed by atoms with E-state index in [1.807, 2.05) is 0 Å². The zero-order valence-electron chi connectivity index (χ0n) is 10.3. The van der Waals surface area contributed by atoms with Gasteiger partial charge in [0.25, 0.3) is 0 Å². The van der Waals surface area contributed by atoms with Crippen molar-refractivity contribution in [2.45, 2.75) is 13.3 Å². The van der Waals surface area contributed by atoms with Crippen molar-refractivity contribution in [2.75, 3.05) is 0 Å². The fourth-order valence-corrected chi connectivity index (χ4v) is 2.36. The van der Waals surface area contributed by atoms with Gasteiger partial charge in [-0.15, -0.1) is 0 Å². The minimum absolute atomic E-state index is 0.0609. The average Bonchev–Trinajstić information content (AvgIpc) is 2.73. The third-order valence-corrected chi connectivity index (χ3v) is 3.19. The molecular formula is C13H8F2N2O3. The van der Waals surface area contributed by atoms with Crippen LogP contribution in [0.5, 0.6) is 0 Å². The number of carboxylic acid groups (broad SMARTS) is 1. The summed E-state index contributed by atoms with van der Waals surface area (Å²) in [5, 5.41) is 13.0. The Bertz CT molecular complexity index is 868. The van der Waals surface area contributed by atoms with Crippen molar-refractivity contribution < 1.29 is 18.7 Å². The highest BCUT2D eigenvalue weighted by molar-refractivity contribution is 5.98. The molecule has 5 nitrogen and oxygen atoms in total. The van der Waals surface area contributed by atoms with E-state index in [0.29, 0.717) is 11.8 Å². The number of benzene rings is 1. The van der Waals surface area contributed by atoms with Gasteiger partial charge in [0.2, 0.25) is 5.43 Å². The standard InChI is InChI=1S/C13H8F2N2O3/c1-5-2-10-11(13(19)20)12(18)6-3-7(14)8(15)4-9(6)17(10)16-5/h3-4H,2H2,1H3,(H,19,20). The van der Waals surface area contributed by atoms with Crippen LogP contribution in [0, 0.1) is 11.6 Å². The van der Waals surface area contributed by atoms with E-state index >= 15 is 0 Å². The molecule has 0 fully saturated rings. The largest absolute Gasteiger partial charge is 0.477 e. The van der Waals surface area contributed by atoms with Crippen LogP contribution in [0.3, 0.4) is 0 Å². The molecule has 0 saturated heterocycles. The Morgan fingerprint density at radius 3 is 2.65 bits per heavy atom. The van der Waals surface area contributed by atoms with E-state index in [4.69, 9.17) is 5.11 Å². The lowest BCUT2D eigenvalue weighted by Gasteiger charge is -2.09. The number of carboxylic acids is 1. The number of hydrogen-bond acceptors (Lipinski definition) is 3. The molecule has 1 aromatic heterocycles. The zero-order chi connectivity index (χ0) is 14.6. The van der Waals surface area contributed by atoms with Crippen LogP contribution < -0.4 is 5.43 Å². The third kappa shape index (κ3) is 1.56. The van der Waals surface area contributed by atoms with Crippen molar-refractivity contribution >= 4 is 22.6 Å². The van der Waals surface area contributed by atoms with E-state index in [2.05, 4.69) is 5.10 Å². The summed E-state index contributed by atoms with van der Waals surface area (Å²) >= 11 is 0. The molecule has 1 aliphatic rings. The first kappa shape index (κ1) is 12.5. The lowest BCUT2D eigenvalue weighted by atomic mass is 10.1. The van der Waals surface area contributed by atoms with Crippen molar-refractivity contribution in [1.29, 1.82) is 0 Å². The number of fused-ring (bicyclic) bond motifs is 3. The smallest absolute Gasteiger partial charge is 0.341 e. The fourth-order valence-electron chi connectivity index (χ4n) is 2.36. The molecule has 2 heterocycles. The Kier molecular flexibility index (Phi) is 2.47. The molecule has 1 aliphatic heterocycles. The van der Waals surface area contributed by atoms with Crippen LogP contribution in [0.15, 0.2) is 22.0 Å². The second kappa shape index (κ2) is 3.96. The van der Waals surface area contributed by atoms with E-state index < -0.39 is 28.6 Å². The molecule has 7 heteroatoms. The van der Waals surface area contributed by atoms with Gasteiger partial charge in [-0.3, -0.25) is 4.79 Å². The molecule has 1 aromatic carbocycles. The number of rotatable bonds is 1. The van der Waals surface area contributed by atoms with Crippen molar-refractivity contribution in [3.05, 3.63) is 45.2 Å². The zero-order valence-corrected chi connectivity index (χ0v) is 10.3. The predicted molar refractivity (Wildman–Crippen MR) is 67.3 cm³/mol. The van der Waals surface area contributed by atoms with Gasteiger partial charge in [-0.05, 0) is 13.0 Å². The Labute approximate surface area is 110 Å². The minimum atomic E-state index is -1.41. The summed E-state index contributed by atoms with van der Waals surface area (Å²) in [5.41, 5.74) is -0.458. The number of aromatic nitrogens is 1. The van der Waals surface area contributed by atoms with Crippen LogP contribution in [-0.4, -0.2) is 21.5 Å². The molecule has 1 N–H and O–H groups in total. The number of carbonyl (C=O) groups is 1. The van der Waals surface area contributed by atoms with E-state index in [-0.39, 0.29) is 23.0 Å². The summed E-state index contributed by atoms with van der Waals surface area (Å²) in [7, 11) is 0. The number of hydrogen-bond donors (Lipinski definition) is 1. The molecule has 0 bridgehead atoms. The van der Waals surface area contributed by atoms with Gasteiger partial charge >= 0.3 is 5.97 Å². The van der Waals surface area contributed by atoms with Crippen molar-refractivity contribution in [2.24, 2.45) is 5.10 Å². The first-order valence-electron chi connectivity index (χ1n) is 5.74. The third-order valence-electron chi connectivity index (χ3n) is 3.19. The topological polar surface area (TPSA) is 71.7 Å². The van der Waals surface area contributed by atoms with Crippen molar-refractivity contribution in [3.8, 4) is 0 Å². The fraction of sp³-hybridized carbons (Fsp3) is 0.154. The van der Waals surface area contributed by atoms with Gasteiger partial charge < -0.3 is 5.11 Å². The summed E-state index contributed by atoms with van der Waals surface area (Å²) in [6.07, 6.45) is 0.186. The van der Waals surface area contributed by atoms with E-state index in [1.165, 1.54) is 4.68 Å². The van der Waals surface area contributed by atoms with Gasteiger partial charge in [0.15, 0.2) is 11.6 Å². The van der Waals surface area contributed by atoms with Crippen LogP contribution in [0.4, 0.5) is 8.78 Å². The van der Waals surface area contributed by atoms with Crippen molar-refractivity contribution in [1.82, 2.24) is 4.68 Å². The number of nitrogens with zero attached hydrogens (tertiary/aromatic N) is 2. The molecular weight excluding hydrogens is 270 g/mol. The molecule has 0 unspecified atom stereocenters. The van der Waals surface area contributed by atoms with E-state index in [1.54, 1.807) is 6.92 Å². The summed E-state index contributed by atoms with van der Waals surface area (Å²) in [5.74, 6) is -3.73. The summed E-state index contributed by atoms with van der Waals surface area (Å²) in [6, 6.07) is 1.55. The van der Waals surface area contributed by atoms with Crippen LogP contribution >= 0.6 is 0 Å².